The molecule has 78 valence electrons. The number of aromatic nitrogens is 1. The second-order valence-electron chi connectivity index (χ2n) is 3.72. The molecule has 0 atom stereocenters. The van der Waals surface area contributed by atoms with Crippen molar-refractivity contribution in [3.05, 3.63) is 30.9 Å². The van der Waals surface area contributed by atoms with Crippen LogP contribution in [0.25, 0.3) is 0 Å². The zero-order chi connectivity index (χ0) is 10.7. The lowest BCUT2D eigenvalue weighted by Gasteiger charge is -2.34. The van der Waals surface area contributed by atoms with Crippen molar-refractivity contribution in [3.63, 3.8) is 0 Å². The third-order valence-corrected chi connectivity index (χ3v) is 2.68. The molecule has 15 heavy (non-hydrogen) atoms. The van der Waals surface area contributed by atoms with Crippen molar-refractivity contribution >= 4 is 5.82 Å². The monoisotopic (exact) mass is 202 g/mol. The first-order valence-electron chi connectivity index (χ1n) is 5.08. The van der Waals surface area contributed by atoms with Crippen molar-refractivity contribution in [2.24, 2.45) is 0 Å². The van der Waals surface area contributed by atoms with Gasteiger partial charge >= 0.3 is 0 Å². The van der Waals surface area contributed by atoms with Gasteiger partial charge in [0, 0.05) is 6.20 Å². The van der Waals surface area contributed by atoms with Crippen LogP contribution in [0.3, 0.4) is 0 Å². The first kappa shape index (κ1) is 9.94. The Balaban J connectivity index is 2.19. The number of nitriles is 1. The van der Waals surface area contributed by atoms with Crippen molar-refractivity contribution in [1.29, 1.82) is 5.26 Å². The normalized spacial score (nSPS) is 17.5. The topological polar surface area (TPSA) is 44.4 Å². The number of rotatable bonds is 1. The van der Waals surface area contributed by atoms with Crippen LogP contribution in [0, 0.1) is 18.4 Å². The summed E-state index contributed by atoms with van der Waals surface area (Å²) in [6, 6.07) is 5.79. The van der Waals surface area contributed by atoms with Gasteiger partial charge in [0.05, 0.1) is 31.7 Å². The smallest absolute Gasteiger partial charge is 0.146 e. The minimum absolute atomic E-state index is 0.657. The minimum Gasteiger partial charge on any atom is -0.465 e. The zero-order valence-corrected chi connectivity index (χ0v) is 8.61. The quantitative estimate of drug-likeness (QED) is 0.621. The van der Waals surface area contributed by atoms with E-state index in [1.807, 2.05) is 6.07 Å². The Morgan fingerprint density at radius 2 is 2.20 bits per heavy atom. The highest BCUT2D eigenvalue weighted by Crippen LogP contribution is 2.15. The molecular weight excluding hydrogens is 188 g/mol. The molecule has 1 saturated heterocycles. The maximum Gasteiger partial charge on any atom is 0.146 e. The number of anilines is 1. The highest BCUT2D eigenvalue weighted by molar-refractivity contribution is 5.53. The van der Waals surface area contributed by atoms with Gasteiger partial charge in [-0.2, -0.15) is 12.3 Å². The van der Waals surface area contributed by atoms with Gasteiger partial charge in [-0.05, 0) is 12.1 Å². The summed E-state index contributed by atoms with van der Waals surface area (Å²) in [7, 11) is 3.97. The first-order chi connectivity index (χ1) is 7.31. The molecule has 1 aromatic heterocycles. The summed E-state index contributed by atoms with van der Waals surface area (Å²) in [6.07, 6.45) is 1.74. The minimum atomic E-state index is 0.657. The van der Waals surface area contributed by atoms with E-state index < -0.39 is 0 Å². The maximum absolute atomic E-state index is 8.97. The molecule has 2 rings (SSSR count). The van der Waals surface area contributed by atoms with Crippen LogP contribution in [0.5, 0.6) is 0 Å². The lowest BCUT2D eigenvalue weighted by Crippen LogP contribution is -3.10. The van der Waals surface area contributed by atoms with Crippen LogP contribution in [0.15, 0.2) is 18.3 Å². The third-order valence-electron chi connectivity index (χ3n) is 2.68. The Morgan fingerprint density at radius 3 is 2.87 bits per heavy atom. The summed E-state index contributed by atoms with van der Waals surface area (Å²) in [6.45, 7) is 3.85. The van der Waals surface area contributed by atoms with Crippen molar-refractivity contribution in [1.82, 2.24) is 4.98 Å². The van der Waals surface area contributed by atoms with Gasteiger partial charge in [0.2, 0.25) is 0 Å². The predicted octanol–water partition coefficient (Wildman–Crippen LogP) is -0.550. The Morgan fingerprint density at radius 1 is 1.47 bits per heavy atom. The molecule has 4 heteroatoms. The van der Waals surface area contributed by atoms with Crippen LogP contribution in [0.4, 0.5) is 5.82 Å². The second kappa shape index (κ2) is 4.28. The van der Waals surface area contributed by atoms with Gasteiger partial charge in [0.15, 0.2) is 0 Å². The number of quaternary nitrogens is 1. The van der Waals surface area contributed by atoms with Crippen LogP contribution < -0.4 is 9.80 Å². The summed E-state index contributed by atoms with van der Waals surface area (Å²) in [5.41, 5.74) is 0.657. The Kier molecular flexibility index (Phi) is 2.84. The molecule has 0 saturated carbocycles. The molecule has 2 heterocycles. The number of pyridine rings is 1. The van der Waals surface area contributed by atoms with Crippen LogP contribution in [-0.4, -0.2) is 31.2 Å². The molecule has 0 bridgehead atoms. The molecule has 1 fully saturated rings. The second-order valence-corrected chi connectivity index (χ2v) is 3.72. The van der Waals surface area contributed by atoms with E-state index in [0.717, 1.165) is 32.0 Å². The highest BCUT2D eigenvalue weighted by Gasteiger charge is 2.17. The van der Waals surface area contributed by atoms with Crippen molar-refractivity contribution < 1.29 is 4.90 Å². The molecule has 0 radical (unpaired) electrons. The van der Waals surface area contributed by atoms with E-state index in [2.05, 4.69) is 23.0 Å². The highest BCUT2D eigenvalue weighted by atomic mass is 15.3. The molecular formula is C11H14N4. The molecule has 0 aromatic carbocycles. The van der Waals surface area contributed by atoms with Crippen molar-refractivity contribution in [2.45, 2.75) is 0 Å². The molecule has 0 unspecified atom stereocenters. The summed E-state index contributed by atoms with van der Waals surface area (Å²) in [4.78, 5) is 7.72. The largest absolute Gasteiger partial charge is 0.465 e. The average Bonchev–Trinajstić information content (AvgIpc) is 2.30. The van der Waals surface area contributed by atoms with Crippen LogP contribution in [0.2, 0.25) is 0 Å². The molecule has 1 N–H and O–H groups in total. The molecule has 4 nitrogen and oxygen atoms in total. The summed E-state index contributed by atoms with van der Waals surface area (Å²) >= 11 is 0. The molecule has 0 amide bonds. The molecule has 1 aliphatic heterocycles. The van der Waals surface area contributed by atoms with Gasteiger partial charge in [-0.1, -0.05) is 0 Å². The van der Waals surface area contributed by atoms with E-state index in [4.69, 9.17) is 5.26 Å². The van der Waals surface area contributed by atoms with E-state index in [0.29, 0.717) is 5.56 Å². The predicted molar refractivity (Wildman–Crippen MR) is 57.2 cm³/mol. The number of nitrogens with zero attached hydrogens (tertiary/aromatic N) is 3. The van der Waals surface area contributed by atoms with Gasteiger partial charge in [-0.15, -0.1) is 0 Å². The van der Waals surface area contributed by atoms with Gasteiger partial charge in [0.1, 0.15) is 11.9 Å². The van der Waals surface area contributed by atoms with E-state index in [9.17, 15) is 0 Å². The third kappa shape index (κ3) is 2.08. The SMILES string of the molecule is [CH2-][NH+]1CCN(c2ncccc2C#N)CC1. The molecule has 1 aliphatic rings. The van der Waals surface area contributed by atoms with Crippen molar-refractivity contribution in [2.75, 3.05) is 31.1 Å². The lowest BCUT2D eigenvalue weighted by molar-refractivity contribution is -0.854. The fourth-order valence-electron chi connectivity index (χ4n) is 1.77. The van der Waals surface area contributed by atoms with Crippen LogP contribution >= 0.6 is 0 Å². The fourth-order valence-corrected chi connectivity index (χ4v) is 1.77. The summed E-state index contributed by atoms with van der Waals surface area (Å²) in [5, 5.41) is 8.97. The lowest BCUT2D eigenvalue weighted by atomic mass is 10.2. The average molecular weight is 202 g/mol. The van der Waals surface area contributed by atoms with Gasteiger partial charge < -0.3 is 9.80 Å². The molecule has 0 aliphatic carbocycles. The standard InChI is InChI=1S/C11H14N4/c1-14-5-7-15(8-6-14)11-10(9-12)3-2-4-13-11/h2-4,14H,1,5-8H2. The fraction of sp³-hybridized carbons (Fsp3) is 0.364. The van der Waals surface area contributed by atoms with Gasteiger partial charge in [0.25, 0.3) is 0 Å². The Bertz CT molecular complexity index is 374. The van der Waals surface area contributed by atoms with E-state index in [1.165, 1.54) is 4.90 Å². The first-order valence-corrected chi connectivity index (χ1v) is 5.08. The zero-order valence-electron chi connectivity index (χ0n) is 8.61. The summed E-state index contributed by atoms with van der Waals surface area (Å²) in [5.74, 6) is 0.813. The number of hydrogen-bond acceptors (Lipinski definition) is 3. The number of nitrogens with one attached hydrogen (secondary N) is 1. The number of piperazine rings is 1. The van der Waals surface area contributed by atoms with Crippen LogP contribution in [-0.2, 0) is 0 Å². The Hall–Kier alpha value is -1.60. The van der Waals surface area contributed by atoms with Gasteiger partial charge in [-0.25, -0.2) is 4.98 Å². The summed E-state index contributed by atoms with van der Waals surface area (Å²) < 4.78 is 0. The maximum atomic E-state index is 8.97. The van der Waals surface area contributed by atoms with E-state index in [1.54, 1.807) is 12.3 Å². The van der Waals surface area contributed by atoms with E-state index in [-0.39, 0.29) is 0 Å². The van der Waals surface area contributed by atoms with Gasteiger partial charge in [-0.3, -0.25) is 0 Å². The Labute approximate surface area is 89.7 Å². The molecule has 1 aromatic rings. The van der Waals surface area contributed by atoms with Crippen molar-refractivity contribution in [3.8, 4) is 6.07 Å². The number of hydrogen-bond donors (Lipinski definition) is 1. The van der Waals surface area contributed by atoms with Crippen LogP contribution in [0.1, 0.15) is 5.56 Å². The van der Waals surface area contributed by atoms with E-state index >= 15 is 0 Å². The molecule has 0 spiro atoms.